The van der Waals surface area contributed by atoms with Crippen LogP contribution in [0.5, 0.6) is 0 Å². The number of carbonyl (C=O) groups is 1. The Balaban J connectivity index is 2.84. The molecule has 1 aromatic rings. The van der Waals surface area contributed by atoms with E-state index in [1.807, 2.05) is 46.8 Å². The summed E-state index contributed by atoms with van der Waals surface area (Å²) in [7, 11) is 0. The lowest BCUT2D eigenvalue weighted by molar-refractivity contribution is -0.168. The molecule has 3 nitrogen and oxygen atoms in total. The fourth-order valence-electron chi connectivity index (χ4n) is 1.33. The van der Waals surface area contributed by atoms with Crippen LogP contribution in [-0.4, -0.2) is 11.0 Å². The quantitative estimate of drug-likeness (QED) is 0.752. The van der Waals surface area contributed by atoms with Crippen LogP contribution in [0.2, 0.25) is 0 Å². The minimum absolute atomic E-state index is 0.165. The van der Waals surface area contributed by atoms with Crippen molar-refractivity contribution < 1.29 is 9.53 Å². The number of hydrogen-bond acceptors (Lipinski definition) is 3. The highest BCUT2D eigenvalue weighted by atomic mass is 16.6. The van der Waals surface area contributed by atoms with Crippen LogP contribution in [0.4, 0.5) is 0 Å². The summed E-state index contributed by atoms with van der Waals surface area (Å²) < 4.78 is 5.61. The number of rotatable bonds is 4. The lowest BCUT2D eigenvalue weighted by Crippen LogP contribution is -2.33. The van der Waals surface area contributed by atoms with Gasteiger partial charge in [-0.05, 0) is 51.8 Å². The Labute approximate surface area is 103 Å². The first kappa shape index (κ1) is 13.7. The first-order chi connectivity index (χ1) is 7.79. The van der Waals surface area contributed by atoms with Crippen LogP contribution in [0.25, 0.3) is 0 Å². The summed E-state index contributed by atoms with van der Waals surface area (Å²) in [6.07, 6.45) is 4.17. The van der Waals surface area contributed by atoms with Gasteiger partial charge in [0.25, 0.3) is 0 Å². The molecular formula is C14H21NO2. The number of ether oxygens (including phenoxy) is 1. The van der Waals surface area contributed by atoms with Crippen molar-refractivity contribution in [2.75, 3.05) is 0 Å². The van der Waals surface area contributed by atoms with Gasteiger partial charge in [0.2, 0.25) is 0 Å². The van der Waals surface area contributed by atoms with Crippen LogP contribution >= 0.6 is 0 Å². The van der Waals surface area contributed by atoms with E-state index in [1.165, 1.54) is 0 Å². The molecule has 0 fully saturated rings. The fraction of sp³-hybridized carbons (Fsp3) is 0.571. The van der Waals surface area contributed by atoms with Crippen molar-refractivity contribution in [3.8, 4) is 0 Å². The van der Waals surface area contributed by atoms with Gasteiger partial charge in [0.1, 0.15) is 5.60 Å². The lowest BCUT2D eigenvalue weighted by Gasteiger charge is -2.30. The van der Waals surface area contributed by atoms with Gasteiger partial charge in [-0.1, -0.05) is 6.92 Å². The van der Waals surface area contributed by atoms with E-state index in [2.05, 4.69) is 4.98 Å². The highest BCUT2D eigenvalue weighted by Gasteiger charge is 2.33. The molecule has 0 aliphatic rings. The molecule has 17 heavy (non-hydrogen) atoms. The van der Waals surface area contributed by atoms with E-state index in [1.54, 1.807) is 12.4 Å². The molecule has 0 saturated heterocycles. The second kappa shape index (κ2) is 4.86. The third-order valence-corrected chi connectivity index (χ3v) is 3.16. The van der Waals surface area contributed by atoms with E-state index < -0.39 is 11.0 Å². The Morgan fingerprint density at radius 1 is 1.24 bits per heavy atom. The SMILES string of the molecule is CCC(C)(C)C(=O)OC(C)(C)c1ccncc1. The zero-order valence-electron chi connectivity index (χ0n) is 11.3. The van der Waals surface area contributed by atoms with Gasteiger partial charge in [-0.3, -0.25) is 9.78 Å². The number of aromatic nitrogens is 1. The minimum atomic E-state index is -0.619. The van der Waals surface area contributed by atoms with Crippen LogP contribution < -0.4 is 0 Å². The Morgan fingerprint density at radius 2 is 1.76 bits per heavy atom. The highest BCUT2D eigenvalue weighted by molar-refractivity contribution is 5.76. The third-order valence-electron chi connectivity index (χ3n) is 3.16. The molecule has 0 aliphatic heterocycles. The summed E-state index contributed by atoms with van der Waals surface area (Å²) in [4.78, 5) is 16.0. The molecule has 94 valence electrons. The van der Waals surface area contributed by atoms with Crippen molar-refractivity contribution in [3.63, 3.8) is 0 Å². The van der Waals surface area contributed by atoms with Crippen molar-refractivity contribution >= 4 is 5.97 Å². The van der Waals surface area contributed by atoms with E-state index >= 15 is 0 Å². The minimum Gasteiger partial charge on any atom is -0.454 e. The van der Waals surface area contributed by atoms with Gasteiger partial charge in [0.15, 0.2) is 0 Å². The lowest BCUT2D eigenvalue weighted by atomic mass is 9.90. The number of pyridine rings is 1. The third kappa shape index (κ3) is 3.29. The van der Waals surface area contributed by atoms with Gasteiger partial charge in [-0.25, -0.2) is 0 Å². The predicted octanol–water partition coefficient (Wildman–Crippen LogP) is 3.30. The Hall–Kier alpha value is -1.38. The second-order valence-corrected chi connectivity index (χ2v) is 5.37. The zero-order valence-corrected chi connectivity index (χ0v) is 11.3. The van der Waals surface area contributed by atoms with Gasteiger partial charge in [-0.2, -0.15) is 0 Å². The molecule has 1 heterocycles. The number of esters is 1. The van der Waals surface area contributed by atoms with Crippen molar-refractivity contribution in [2.24, 2.45) is 5.41 Å². The largest absolute Gasteiger partial charge is 0.454 e. The average Bonchev–Trinajstić information content (AvgIpc) is 2.29. The molecule has 0 aromatic carbocycles. The van der Waals surface area contributed by atoms with Crippen LogP contribution in [0.15, 0.2) is 24.5 Å². The molecule has 0 spiro atoms. The fourth-order valence-corrected chi connectivity index (χ4v) is 1.33. The normalized spacial score (nSPS) is 12.3. The van der Waals surface area contributed by atoms with Crippen LogP contribution in [0.1, 0.15) is 46.6 Å². The molecule has 1 rings (SSSR count). The number of nitrogens with zero attached hydrogens (tertiary/aromatic N) is 1. The summed E-state index contributed by atoms with van der Waals surface area (Å²) in [6, 6.07) is 3.73. The molecule has 1 aromatic heterocycles. The standard InChI is InChI=1S/C14H21NO2/c1-6-13(2,3)12(16)17-14(4,5)11-7-9-15-10-8-11/h7-10H,6H2,1-5H3. The predicted molar refractivity (Wildman–Crippen MR) is 67.4 cm³/mol. The van der Waals surface area contributed by atoms with E-state index in [-0.39, 0.29) is 5.97 Å². The van der Waals surface area contributed by atoms with Crippen molar-refractivity contribution in [1.82, 2.24) is 4.98 Å². The van der Waals surface area contributed by atoms with Crippen molar-refractivity contribution in [1.29, 1.82) is 0 Å². The van der Waals surface area contributed by atoms with E-state index in [4.69, 9.17) is 4.74 Å². The molecule has 0 saturated carbocycles. The maximum absolute atomic E-state index is 12.0. The molecule has 0 atom stereocenters. The van der Waals surface area contributed by atoms with Crippen molar-refractivity contribution in [2.45, 2.75) is 46.6 Å². The smallest absolute Gasteiger partial charge is 0.312 e. The second-order valence-electron chi connectivity index (χ2n) is 5.37. The molecule has 0 unspecified atom stereocenters. The molecule has 3 heteroatoms. The van der Waals surface area contributed by atoms with Crippen LogP contribution in [0.3, 0.4) is 0 Å². The first-order valence-electron chi connectivity index (χ1n) is 5.93. The molecule has 0 aliphatic carbocycles. The Bertz CT molecular complexity index is 382. The number of carbonyl (C=O) groups excluding carboxylic acids is 1. The molecule has 0 N–H and O–H groups in total. The molecule has 0 bridgehead atoms. The maximum atomic E-state index is 12.0. The van der Waals surface area contributed by atoms with Crippen LogP contribution in [0, 0.1) is 5.41 Å². The average molecular weight is 235 g/mol. The van der Waals surface area contributed by atoms with Gasteiger partial charge < -0.3 is 4.74 Å². The number of hydrogen-bond donors (Lipinski definition) is 0. The Kier molecular flexibility index (Phi) is 3.91. The van der Waals surface area contributed by atoms with E-state index in [0.717, 1.165) is 12.0 Å². The van der Waals surface area contributed by atoms with Gasteiger partial charge >= 0.3 is 5.97 Å². The highest BCUT2D eigenvalue weighted by Crippen LogP contribution is 2.30. The molecule has 0 radical (unpaired) electrons. The maximum Gasteiger partial charge on any atom is 0.312 e. The van der Waals surface area contributed by atoms with Crippen molar-refractivity contribution in [3.05, 3.63) is 30.1 Å². The molecular weight excluding hydrogens is 214 g/mol. The zero-order chi connectivity index (χ0) is 13.1. The monoisotopic (exact) mass is 235 g/mol. The molecule has 0 amide bonds. The summed E-state index contributed by atoms with van der Waals surface area (Å²) in [5.74, 6) is -0.165. The summed E-state index contributed by atoms with van der Waals surface area (Å²) >= 11 is 0. The van der Waals surface area contributed by atoms with Crippen LogP contribution in [-0.2, 0) is 15.1 Å². The topological polar surface area (TPSA) is 39.2 Å². The summed E-state index contributed by atoms with van der Waals surface area (Å²) in [6.45, 7) is 9.58. The summed E-state index contributed by atoms with van der Waals surface area (Å²) in [5.41, 5.74) is -0.107. The first-order valence-corrected chi connectivity index (χ1v) is 5.93. The van der Waals surface area contributed by atoms with E-state index in [0.29, 0.717) is 0 Å². The van der Waals surface area contributed by atoms with E-state index in [9.17, 15) is 4.79 Å². The summed E-state index contributed by atoms with van der Waals surface area (Å²) in [5, 5.41) is 0. The van der Waals surface area contributed by atoms with Gasteiger partial charge in [0.05, 0.1) is 5.41 Å². The Morgan fingerprint density at radius 3 is 2.24 bits per heavy atom. The van der Waals surface area contributed by atoms with Gasteiger partial charge in [-0.15, -0.1) is 0 Å². The van der Waals surface area contributed by atoms with Gasteiger partial charge in [0, 0.05) is 12.4 Å².